The van der Waals surface area contributed by atoms with Gasteiger partial charge in [0, 0.05) is 29.2 Å². The van der Waals surface area contributed by atoms with Crippen LogP contribution in [-0.4, -0.2) is 46.9 Å². The van der Waals surface area contributed by atoms with E-state index in [-0.39, 0.29) is 23.4 Å². The molecule has 2 heterocycles. The van der Waals surface area contributed by atoms with Crippen molar-refractivity contribution < 1.29 is 28.6 Å². The smallest absolute Gasteiger partial charge is 0.295 e. The number of likely N-dealkylation sites (tertiary alicyclic amines) is 1. The summed E-state index contributed by atoms with van der Waals surface area (Å²) in [6.45, 7) is 2.61. The molecule has 1 aromatic heterocycles. The molecule has 1 aliphatic rings. The van der Waals surface area contributed by atoms with Crippen molar-refractivity contribution in [3.8, 4) is 11.5 Å². The third kappa shape index (κ3) is 4.61. The van der Waals surface area contributed by atoms with Gasteiger partial charge < -0.3 is 24.5 Å². The van der Waals surface area contributed by atoms with Gasteiger partial charge in [-0.25, -0.2) is 4.39 Å². The summed E-state index contributed by atoms with van der Waals surface area (Å²) in [5, 5.41) is 12.1. The lowest BCUT2D eigenvalue weighted by molar-refractivity contribution is -0.139. The predicted molar refractivity (Wildman–Crippen MR) is 142 cm³/mol. The highest BCUT2D eigenvalue weighted by molar-refractivity contribution is 6.46. The number of hydrogen-bond acceptors (Lipinski definition) is 5. The Morgan fingerprint density at radius 1 is 1.03 bits per heavy atom. The number of benzene rings is 3. The van der Waals surface area contributed by atoms with E-state index in [0.29, 0.717) is 30.1 Å². The number of ketones is 1. The number of nitrogens with one attached hydrogen (secondary N) is 1. The van der Waals surface area contributed by atoms with Crippen LogP contribution in [0.5, 0.6) is 11.5 Å². The molecule has 1 unspecified atom stereocenters. The molecule has 3 aromatic carbocycles. The van der Waals surface area contributed by atoms with Gasteiger partial charge in [0.2, 0.25) is 0 Å². The maximum atomic E-state index is 13.5. The van der Waals surface area contributed by atoms with E-state index in [1.165, 1.54) is 29.2 Å². The summed E-state index contributed by atoms with van der Waals surface area (Å²) in [5.74, 6) is -0.940. The molecule has 2 N–H and O–H groups in total. The molecular weight excluding hydrogens is 487 g/mol. The van der Waals surface area contributed by atoms with E-state index in [4.69, 9.17) is 9.47 Å². The van der Waals surface area contributed by atoms with Gasteiger partial charge in [-0.05, 0) is 79.1 Å². The van der Waals surface area contributed by atoms with E-state index < -0.39 is 23.5 Å². The average Bonchev–Trinajstić information content (AvgIpc) is 3.45. The van der Waals surface area contributed by atoms with Gasteiger partial charge in [-0.15, -0.1) is 0 Å². The van der Waals surface area contributed by atoms with Gasteiger partial charge in [0.05, 0.1) is 25.3 Å². The first kappa shape index (κ1) is 25.1. The van der Waals surface area contributed by atoms with Crippen molar-refractivity contribution in [2.75, 3.05) is 20.3 Å². The van der Waals surface area contributed by atoms with E-state index in [9.17, 15) is 19.1 Å². The summed E-state index contributed by atoms with van der Waals surface area (Å²) >= 11 is 0. The zero-order valence-corrected chi connectivity index (χ0v) is 21.0. The Kier molecular flexibility index (Phi) is 6.87. The summed E-state index contributed by atoms with van der Waals surface area (Å²) in [6, 6.07) is 17.1. The van der Waals surface area contributed by atoms with Crippen molar-refractivity contribution in [1.82, 2.24) is 9.88 Å². The third-order valence-electron chi connectivity index (χ3n) is 6.76. The Balaban J connectivity index is 1.54. The number of aliphatic hydroxyl groups excluding tert-OH is 1. The minimum Gasteiger partial charge on any atom is -0.507 e. The quantitative estimate of drug-likeness (QED) is 0.187. The van der Waals surface area contributed by atoms with Crippen molar-refractivity contribution >= 4 is 28.4 Å². The second-order valence-electron chi connectivity index (χ2n) is 8.98. The van der Waals surface area contributed by atoms with Crippen LogP contribution in [0.2, 0.25) is 0 Å². The number of aliphatic hydroxyl groups is 1. The molecule has 1 fully saturated rings. The van der Waals surface area contributed by atoms with Crippen LogP contribution in [0.15, 0.2) is 78.5 Å². The van der Waals surface area contributed by atoms with Crippen LogP contribution in [0.25, 0.3) is 16.7 Å². The fourth-order valence-electron chi connectivity index (χ4n) is 4.87. The Bertz CT molecular complexity index is 1520. The minimum absolute atomic E-state index is 0.0358. The fraction of sp³-hybridized carbons (Fsp3) is 0.200. The van der Waals surface area contributed by atoms with E-state index in [1.54, 1.807) is 31.4 Å². The Labute approximate surface area is 219 Å². The molecule has 0 aliphatic carbocycles. The van der Waals surface area contributed by atoms with Crippen LogP contribution < -0.4 is 9.47 Å². The summed E-state index contributed by atoms with van der Waals surface area (Å²) in [7, 11) is 1.60. The Hall–Kier alpha value is -4.59. The molecule has 7 nitrogen and oxygen atoms in total. The van der Waals surface area contributed by atoms with Gasteiger partial charge in [-0.1, -0.05) is 12.1 Å². The van der Waals surface area contributed by atoms with Gasteiger partial charge in [0.25, 0.3) is 11.7 Å². The lowest BCUT2D eigenvalue weighted by Gasteiger charge is -2.25. The van der Waals surface area contributed by atoms with Crippen molar-refractivity contribution in [2.45, 2.75) is 19.4 Å². The number of carbonyl (C=O) groups is 2. The normalized spacial score (nSPS) is 16.8. The molecule has 194 valence electrons. The second kappa shape index (κ2) is 10.4. The first-order valence-electron chi connectivity index (χ1n) is 12.3. The van der Waals surface area contributed by atoms with Crippen molar-refractivity contribution in [1.29, 1.82) is 0 Å². The number of aromatic amines is 1. The average molecular weight is 515 g/mol. The zero-order valence-electron chi connectivity index (χ0n) is 21.0. The third-order valence-corrected chi connectivity index (χ3v) is 6.76. The first-order chi connectivity index (χ1) is 18.4. The van der Waals surface area contributed by atoms with Gasteiger partial charge in [-0.2, -0.15) is 0 Å². The molecule has 0 spiro atoms. The van der Waals surface area contributed by atoms with Crippen molar-refractivity contribution in [2.24, 2.45) is 0 Å². The van der Waals surface area contributed by atoms with Crippen LogP contribution >= 0.6 is 0 Å². The summed E-state index contributed by atoms with van der Waals surface area (Å²) in [5.41, 5.74) is 2.76. The minimum atomic E-state index is -0.824. The van der Waals surface area contributed by atoms with E-state index in [1.807, 2.05) is 31.3 Å². The summed E-state index contributed by atoms with van der Waals surface area (Å²) < 4.78 is 24.4. The van der Waals surface area contributed by atoms with E-state index in [0.717, 1.165) is 16.5 Å². The Morgan fingerprint density at radius 2 is 1.74 bits per heavy atom. The maximum absolute atomic E-state index is 13.5. The number of hydrogen-bond donors (Lipinski definition) is 2. The SMILES string of the molecule is CCOc1ccc(C2/C(=C(/O)c3ccc(F)cc3)C(=O)C(=O)N2CCc2c[nH]c3ccc(OC)cc23)cc1. The van der Waals surface area contributed by atoms with Gasteiger partial charge in [0.1, 0.15) is 23.1 Å². The van der Waals surface area contributed by atoms with Gasteiger partial charge >= 0.3 is 0 Å². The molecule has 1 saturated heterocycles. The number of amides is 1. The van der Waals surface area contributed by atoms with Gasteiger partial charge in [-0.3, -0.25) is 9.59 Å². The van der Waals surface area contributed by atoms with Crippen LogP contribution in [0, 0.1) is 5.82 Å². The highest BCUT2D eigenvalue weighted by Gasteiger charge is 2.45. The second-order valence-corrected chi connectivity index (χ2v) is 8.98. The topological polar surface area (TPSA) is 91.9 Å². The zero-order chi connectivity index (χ0) is 26.8. The lowest BCUT2D eigenvalue weighted by atomic mass is 9.95. The molecule has 0 saturated carbocycles. The molecule has 5 rings (SSSR count). The monoisotopic (exact) mass is 514 g/mol. The molecule has 0 radical (unpaired) electrons. The largest absolute Gasteiger partial charge is 0.507 e. The summed E-state index contributed by atoms with van der Waals surface area (Å²) in [4.78, 5) is 31.3. The molecular formula is C30H27FN2O5. The number of carbonyl (C=O) groups excluding carboxylic acids is 2. The molecule has 1 atom stereocenters. The first-order valence-corrected chi connectivity index (χ1v) is 12.3. The predicted octanol–water partition coefficient (Wildman–Crippen LogP) is 5.38. The fourth-order valence-corrected chi connectivity index (χ4v) is 4.87. The highest BCUT2D eigenvalue weighted by Crippen LogP contribution is 2.40. The number of methoxy groups -OCH3 is 1. The molecule has 4 aromatic rings. The molecule has 8 heteroatoms. The van der Waals surface area contributed by atoms with E-state index in [2.05, 4.69) is 4.98 Å². The number of Topliss-reactive ketones (excluding diaryl/α,β-unsaturated/α-hetero) is 1. The molecule has 38 heavy (non-hydrogen) atoms. The molecule has 1 aliphatic heterocycles. The van der Waals surface area contributed by atoms with Crippen LogP contribution in [-0.2, 0) is 16.0 Å². The number of nitrogens with zero attached hydrogens (tertiary/aromatic N) is 1. The van der Waals surface area contributed by atoms with Crippen LogP contribution in [0.3, 0.4) is 0 Å². The van der Waals surface area contributed by atoms with Gasteiger partial charge in [0.15, 0.2) is 0 Å². The van der Waals surface area contributed by atoms with Crippen molar-refractivity contribution in [3.63, 3.8) is 0 Å². The highest BCUT2D eigenvalue weighted by atomic mass is 19.1. The molecule has 0 bridgehead atoms. The number of halogens is 1. The number of rotatable bonds is 8. The van der Waals surface area contributed by atoms with Crippen LogP contribution in [0.4, 0.5) is 4.39 Å². The number of ether oxygens (including phenoxy) is 2. The van der Waals surface area contributed by atoms with E-state index >= 15 is 0 Å². The summed E-state index contributed by atoms with van der Waals surface area (Å²) in [6.07, 6.45) is 2.34. The number of H-pyrrole nitrogens is 1. The number of aromatic nitrogens is 1. The standard InChI is InChI=1S/C30H27FN2O5/c1-3-38-22-10-6-18(7-11-22)27-26(28(34)19-4-8-21(31)9-5-19)29(35)30(36)33(27)15-14-20-17-32-25-13-12-23(37-2)16-24(20)25/h4-13,16-17,27,32,34H,3,14-15H2,1-2H3/b28-26-. The van der Waals surface area contributed by atoms with Crippen molar-refractivity contribution in [3.05, 3.63) is 101 Å². The lowest BCUT2D eigenvalue weighted by Crippen LogP contribution is -2.31. The number of fused-ring (bicyclic) bond motifs is 1. The van der Waals surface area contributed by atoms with Crippen LogP contribution in [0.1, 0.15) is 29.7 Å². The Morgan fingerprint density at radius 3 is 2.42 bits per heavy atom. The maximum Gasteiger partial charge on any atom is 0.295 e. The molecule has 1 amide bonds.